The first-order valence-corrected chi connectivity index (χ1v) is 2.98. The van der Waals surface area contributed by atoms with Crippen LogP contribution in [0.1, 0.15) is 25.2 Å². The Kier molecular flexibility index (Phi) is 2.00. The average molecular weight is 137 g/mol. The van der Waals surface area contributed by atoms with Crippen LogP contribution < -0.4 is 0 Å². The summed E-state index contributed by atoms with van der Waals surface area (Å²) < 4.78 is 4.74. The van der Waals surface area contributed by atoms with Gasteiger partial charge < -0.3 is 4.52 Å². The van der Waals surface area contributed by atoms with Crippen molar-refractivity contribution in [2.45, 2.75) is 19.3 Å². The molecule has 0 aliphatic carbocycles. The minimum Gasteiger partial charge on any atom is -0.339 e. The predicted molar refractivity (Wildman–Crippen MR) is 32.9 cm³/mol. The average Bonchev–Trinajstić information content (AvgIpc) is 2.38. The van der Waals surface area contributed by atoms with Crippen molar-refractivity contribution < 1.29 is 4.52 Å². The van der Waals surface area contributed by atoms with Gasteiger partial charge in [-0.3, -0.25) is 0 Å². The van der Waals surface area contributed by atoms with E-state index < -0.39 is 0 Å². The van der Waals surface area contributed by atoms with Crippen molar-refractivity contribution >= 4 is 0 Å². The van der Waals surface area contributed by atoms with E-state index in [1.807, 2.05) is 13.0 Å². The van der Waals surface area contributed by atoms with Gasteiger partial charge in [-0.2, -0.15) is 10.2 Å². The summed E-state index contributed by atoms with van der Waals surface area (Å²) in [4.78, 5) is 3.81. The summed E-state index contributed by atoms with van der Waals surface area (Å²) in [6.07, 6.45) is 1.76. The second-order valence-electron chi connectivity index (χ2n) is 2.04. The lowest BCUT2D eigenvalue weighted by Crippen LogP contribution is -1.90. The highest BCUT2D eigenvalue weighted by Crippen LogP contribution is 2.13. The van der Waals surface area contributed by atoms with Gasteiger partial charge in [-0.25, -0.2) is 0 Å². The van der Waals surface area contributed by atoms with Gasteiger partial charge in [0.25, 0.3) is 0 Å². The van der Waals surface area contributed by atoms with Crippen molar-refractivity contribution in [2.75, 3.05) is 0 Å². The van der Waals surface area contributed by atoms with Gasteiger partial charge in [-0.1, -0.05) is 12.1 Å². The highest BCUT2D eigenvalue weighted by atomic mass is 16.5. The molecule has 1 heterocycles. The van der Waals surface area contributed by atoms with Crippen LogP contribution >= 0.6 is 0 Å². The molecule has 0 amide bonds. The fourth-order valence-electron chi connectivity index (χ4n) is 0.623. The Morgan fingerprint density at radius 1 is 1.90 bits per heavy atom. The maximum Gasteiger partial charge on any atom is 0.230 e. The summed E-state index contributed by atoms with van der Waals surface area (Å²) in [7, 11) is 0. The first kappa shape index (κ1) is 6.75. The number of nitriles is 1. The molecular formula is C6H7N3O. The summed E-state index contributed by atoms with van der Waals surface area (Å²) in [5, 5.41) is 11.7. The fraction of sp³-hybridized carbons (Fsp3) is 0.500. The Labute approximate surface area is 58.5 Å². The Bertz CT molecular complexity index is 224. The molecule has 1 aromatic heterocycles. The largest absolute Gasteiger partial charge is 0.339 e. The van der Waals surface area contributed by atoms with Crippen LogP contribution in [0.5, 0.6) is 0 Å². The van der Waals surface area contributed by atoms with Crippen LogP contribution in [0.25, 0.3) is 0 Å². The number of nitrogens with zero attached hydrogens (tertiary/aromatic N) is 3. The van der Waals surface area contributed by atoms with E-state index >= 15 is 0 Å². The molecule has 0 N–H and O–H groups in total. The predicted octanol–water partition coefficient (Wildman–Crippen LogP) is 1.09. The van der Waals surface area contributed by atoms with Gasteiger partial charge in [0.2, 0.25) is 5.89 Å². The lowest BCUT2D eigenvalue weighted by atomic mass is 10.1. The molecule has 0 saturated heterocycles. The quantitative estimate of drug-likeness (QED) is 0.612. The summed E-state index contributed by atoms with van der Waals surface area (Å²) >= 11 is 0. The number of aromatic nitrogens is 2. The number of rotatable bonds is 2. The molecule has 0 saturated carbocycles. The molecule has 10 heavy (non-hydrogen) atoms. The summed E-state index contributed by atoms with van der Waals surface area (Å²) in [5.74, 6) is 0.578. The van der Waals surface area contributed by atoms with E-state index in [1.54, 1.807) is 0 Å². The highest BCUT2D eigenvalue weighted by molar-refractivity contribution is 4.91. The SMILES string of the molecule is C[C@H](CC#N)c1ncno1. The molecule has 52 valence electrons. The van der Waals surface area contributed by atoms with Crippen LogP contribution in [0.2, 0.25) is 0 Å². The molecule has 0 aliphatic heterocycles. The number of hydrogen-bond acceptors (Lipinski definition) is 4. The third-order valence-corrected chi connectivity index (χ3v) is 1.20. The van der Waals surface area contributed by atoms with E-state index in [2.05, 4.69) is 10.1 Å². The molecule has 0 radical (unpaired) electrons. The van der Waals surface area contributed by atoms with Crippen LogP contribution in [0.3, 0.4) is 0 Å². The van der Waals surface area contributed by atoms with Crippen molar-refractivity contribution in [1.29, 1.82) is 5.26 Å². The normalized spacial score (nSPS) is 12.4. The minimum atomic E-state index is 0.0486. The van der Waals surface area contributed by atoms with Crippen LogP contribution in [0.4, 0.5) is 0 Å². The van der Waals surface area contributed by atoms with Crippen molar-refractivity contribution in [1.82, 2.24) is 10.1 Å². The molecule has 0 bridgehead atoms. The summed E-state index contributed by atoms with van der Waals surface area (Å²) in [6.45, 7) is 1.87. The van der Waals surface area contributed by atoms with E-state index in [4.69, 9.17) is 9.78 Å². The zero-order chi connectivity index (χ0) is 7.40. The smallest absolute Gasteiger partial charge is 0.230 e. The third kappa shape index (κ3) is 1.32. The van der Waals surface area contributed by atoms with E-state index in [0.29, 0.717) is 12.3 Å². The maximum atomic E-state index is 8.30. The van der Waals surface area contributed by atoms with Gasteiger partial charge >= 0.3 is 0 Å². The van der Waals surface area contributed by atoms with E-state index in [1.165, 1.54) is 6.33 Å². The molecular weight excluding hydrogens is 130 g/mol. The van der Waals surface area contributed by atoms with Crippen LogP contribution in [0, 0.1) is 11.3 Å². The van der Waals surface area contributed by atoms with Gasteiger partial charge in [0.05, 0.1) is 6.07 Å². The number of hydrogen-bond donors (Lipinski definition) is 0. The lowest BCUT2D eigenvalue weighted by Gasteiger charge is -1.96. The van der Waals surface area contributed by atoms with Gasteiger partial charge in [-0.15, -0.1) is 0 Å². The van der Waals surface area contributed by atoms with Crippen molar-refractivity contribution in [2.24, 2.45) is 0 Å². The zero-order valence-electron chi connectivity index (χ0n) is 5.61. The molecule has 0 aromatic carbocycles. The maximum absolute atomic E-state index is 8.30. The molecule has 1 atom stereocenters. The molecule has 1 aromatic rings. The van der Waals surface area contributed by atoms with Crippen molar-refractivity contribution in [3.05, 3.63) is 12.2 Å². The van der Waals surface area contributed by atoms with Crippen molar-refractivity contribution in [3.8, 4) is 6.07 Å². The second kappa shape index (κ2) is 2.97. The Balaban J connectivity index is 2.61. The summed E-state index contributed by atoms with van der Waals surface area (Å²) in [5.41, 5.74) is 0. The highest BCUT2D eigenvalue weighted by Gasteiger charge is 2.09. The first-order chi connectivity index (χ1) is 4.84. The Hall–Kier alpha value is -1.37. The third-order valence-electron chi connectivity index (χ3n) is 1.20. The molecule has 0 fully saturated rings. The van der Waals surface area contributed by atoms with Gasteiger partial charge in [0, 0.05) is 12.3 Å². The first-order valence-electron chi connectivity index (χ1n) is 2.98. The molecule has 0 spiro atoms. The molecule has 4 heteroatoms. The monoisotopic (exact) mass is 137 g/mol. The van der Waals surface area contributed by atoms with Gasteiger partial charge in [0.1, 0.15) is 0 Å². The van der Waals surface area contributed by atoms with Gasteiger partial charge in [-0.05, 0) is 0 Å². The van der Waals surface area contributed by atoms with Crippen molar-refractivity contribution in [3.63, 3.8) is 0 Å². The Morgan fingerprint density at radius 2 is 2.70 bits per heavy atom. The molecule has 4 nitrogen and oxygen atoms in total. The molecule has 0 unspecified atom stereocenters. The lowest BCUT2D eigenvalue weighted by molar-refractivity contribution is 0.359. The topological polar surface area (TPSA) is 62.7 Å². The van der Waals surface area contributed by atoms with E-state index in [0.717, 1.165) is 0 Å². The second-order valence-corrected chi connectivity index (χ2v) is 2.04. The molecule has 0 aliphatic rings. The standard InChI is InChI=1S/C6H7N3O/c1-5(2-3-7)6-8-4-9-10-6/h4-5H,2H2,1H3/t5-/m1/s1. The summed E-state index contributed by atoms with van der Waals surface area (Å²) in [6, 6.07) is 2.03. The zero-order valence-corrected chi connectivity index (χ0v) is 5.61. The minimum absolute atomic E-state index is 0.0486. The van der Waals surface area contributed by atoms with Crippen LogP contribution in [0.15, 0.2) is 10.9 Å². The van der Waals surface area contributed by atoms with Gasteiger partial charge in [0.15, 0.2) is 6.33 Å². The van der Waals surface area contributed by atoms with E-state index in [9.17, 15) is 0 Å². The Morgan fingerprint density at radius 3 is 3.20 bits per heavy atom. The van der Waals surface area contributed by atoms with Crippen LogP contribution in [-0.2, 0) is 0 Å². The van der Waals surface area contributed by atoms with E-state index in [-0.39, 0.29) is 5.92 Å². The van der Waals surface area contributed by atoms with Crippen LogP contribution in [-0.4, -0.2) is 10.1 Å². The fourth-order valence-corrected chi connectivity index (χ4v) is 0.623. The molecule has 1 rings (SSSR count).